The zero-order valence-corrected chi connectivity index (χ0v) is 18.5. The van der Waals surface area contributed by atoms with E-state index in [-0.39, 0.29) is 11.4 Å². The molecule has 4 rings (SSSR count). The Morgan fingerprint density at radius 3 is 2.50 bits per heavy atom. The lowest BCUT2D eigenvalue weighted by atomic mass is 10.1. The second-order valence-corrected chi connectivity index (χ2v) is 7.97. The summed E-state index contributed by atoms with van der Waals surface area (Å²) < 4.78 is 10.7. The van der Waals surface area contributed by atoms with E-state index in [9.17, 15) is 4.79 Å². The van der Waals surface area contributed by atoms with Gasteiger partial charge in [0.25, 0.3) is 0 Å². The lowest BCUT2D eigenvalue weighted by molar-refractivity contribution is 0.105. The van der Waals surface area contributed by atoms with Crippen LogP contribution in [0.1, 0.15) is 13.8 Å². The summed E-state index contributed by atoms with van der Waals surface area (Å²) >= 11 is 7.78. The molecule has 0 aliphatic carbocycles. The third kappa shape index (κ3) is 4.15. The van der Waals surface area contributed by atoms with Crippen LogP contribution in [0.4, 0.5) is 10.6 Å². The van der Waals surface area contributed by atoms with Gasteiger partial charge in [0.05, 0.1) is 18.6 Å². The second kappa shape index (κ2) is 9.06. The van der Waals surface area contributed by atoms with E-state index in [0.717, 1.165) is 32.9 Å². The molecule has 1 aliphatic rings. The fraction of sp³-hybridized carbons (Fsp3) is 0.381. The number of fused-ring (bicyclic) bond motifs is 1. The molecule has 0 spiro atoms. The molecule has 158 valence electrons. The van der Waals surface area contributed by atoms with Crippen LogP contribution >= 0.6 is 22.9 Å². The van der Waals surface area contributed by atoms with Crippen molar-refractivity contribution in [1.82, 2.24) is 14.9 Å². The Bertz CT molecular complexity index is 1030. The van der Waals surface area contributed by atoms with Crippen molar-refractivity contribution in [1.29, 1.82) is 0 Å². The number of anilines is 1. The maximum atomic E-state index is 12.0. The first-order chi connectivity index (χ1) is 14.6. The van der Waals surface area contributed by atoms with Crippen molar-refractivity contribution in [3.8, 4) is 16.9 Å². The fourth-order valence-electron chi connectivity index (χ4n) is 3.55. The van der Waals surface area contributed by atoms with Crippen LogP contribution in [0.15, 0.2) is 29.6 Å². The number of hydrogen-bond acceptors (Lipinski definition) is 7. The number of piperazine rings is 1. The molecule has 2 aromatic heterocycles. The lowest BCUT2D eigenvalue weighted by Crippen LogP contribution is -2.49. The third-order valence-corrected chi connectivity index (χ3v) is 6.01. The van der Waals surface area contributed by atoms with E-state index in [2.05, 4.69) is 20.2 Å². The Hall–Kier alpha value is -2.58. The van der Waals surface area contributed by atoms with E-state index in [0.29, 0.717) is 39.4 Å². The molecule has 1 aliphatic heterocycles. The minimum absolute atomic E-state index is 0.227. The maximum Gasteiger partial charge on any atom is 0.409 e. The molecule has 0 bridgehead atoms. The van der Waals surface area contributed by atoms with Crippen LogP contribution < -0.4 is 9.64 Å². The Morgan fingerprint density at radius 2 is 1.83 bits per heavy atom. The number of rotatable bonds is 5. The van der Waals surface area contributed by atoms with Gasteiger partial charge < -0.3 is 19.3 Å². The molecule has 1 amide bonds. The van der Waals surface area contributed by atoms with E-state index in [4.69, 9.17) is 21.1 Å². The first-order valence-electron chi connectivity index (χ1n) is 9.95. The number of halogens is 1. The van der Waals surface area contributed by atoms with Crippen molar-refractivity contribution in [2.45, 2.75) is 13.8 Å². The third-order valence-electron chi connectivity index (χ3n) is 4.97. The highest BCUT2D eigenvalue weighted by Crippen LogP contribution is 2.39. The summed E-state index contributed by atoms with van der Waals surface area (Å²) in [5.74, 6) is 1.65. The Kier molecular flexibility index (Phi) is 6.24. The van der Waals surface area contributed by atoms with E-state index in [1.54, 1.807) is 16.2 Å². The molecule has 7 nitrogen and oxygen atoms in total. The molecule has 1 aromatic carbocycles. The first kappa shape index (κ1) is 20.7. The summed E-state index contributed by atoms with van der Waals surface area (Å²) in [5.41, 5.74) is 2.14. The molecule has 0 N–H and O–H groups in total. The molecule has 1 fully saturated rings. The van der Waals surface area contributed by atoms with Gasteiger partial charge in [-0.3, -0.25) is 0 Å². The van der Waals surface area contributed by atoms with Crippen LogP contribution in [0.2, 0.25) is 5.28 Å². The Balaban J connectivity index is 1.65. The molecule has 30 heavy (non-hydrogen) atoms. The van der Waals surface area contributed by atoms with Crippen molar-refractivity contribution in [2.24, 2.45) is 0 Å². The smallest absolute Gasteiger partial charge is 0.409 e. The minimum Gasteiger partial charge on any atom is -0.494 e. The van der Waals surface area contributed by atoms with Crippen LogP contribution in [-0.2, 0) is 4.74 Å². The van der Waals surface area contributed by atoms with Crippen LogP contribution in [0.3, 0.4) is 0 Å². The summed E-state index contributed by atoms with van der Waals surface area (Å²) in [5, 5.41) is 3.30. The van der Waals surface area contributed by atoms with Crippen molar-refractivity contribution >= 4 is 45.1 Å². The highest BCUT2D eigenvalue weighted by molar-refractivity contribution is 7.17. The molecular formula is C21H23ClN4O3S. The summed E-state index contributed by atoms with van der Waals surface area (Å²) in [6.45, 7) is 7.24. The van der Waals surface area contributed by atoms with Gasteiger partial charge in [-0.25, -0.2) is 9.78 Å². The number of nitrogens with zero attached hydrogens (tertiary/aromatic N) is 4. The van der Waals surface area contributed by atoms with E-state index < -0.39 is 0 Å². The molecule has 0 atom stereocenters. The van der Waals surface area contributed by atoms with Crippen molar-refractivity contribution in [3.05, 3.63) is 34.9 Å². The van der Waals surface area contributed by atoms with E-state index in [1.807, 2.05) is 38.1 Å². The number of carbonyl (C=O) groups excluding carboxylic acids is 1. The standard InChI is InChI=1S/C21H23ClN4O3S/c1-3-28-15-7-5-14(6-8-15)16-13-30-19-17(16)18(23-20(22)24-19)25-9-11-26(12-10-25)21(27)29-4-2/h5-8,13H,3-4,9-12H2,1-2H3. The molecule has 3 heterocycles. The number of carbonyl (C=O) groups is 1. The predicted octanol–water partition coefficient (Wildman–Crippen LogP) is 4.69. The van der Waals surface area contributed by atoms with Gasteiger partial charge in [-0.05, 0) is 43.1 Å². The minimum atomic E-state index is -0.270. The largest absolute Gasteiger partial charge is 0.494 e. The van der Waals surface area contributed by atoms with E-state index >= 15 is 0 Å². The quantitative estimate of drug-likeness (QED) is 0.529. The van der Waals surface area contributed by atoms with Crippen LogP contribution in [-0.4, -0.2) is 60.4 Å². The zero-order valence-electron chi connectivity index (χ0n) is 16.9. The van der Waals surface area contributed by atoms with Crippen molar-refractivity contribution in [3.63, 3.8) is 0 Å². The molecule has 0 unspecified atom stereocenters. The highest BCUT2D eigenvalue weighted by atomic mass is 35.5. The number of benzene rings is 1. The molecule has 0 radical (unpaired) electrons. The van der Waals surface area contributed by atoms with Gasteiger partial charge in [-0.15, -0.1) is 11.3 Å². The number of ether oxygens (including phenoxy) is 2. The predicted molar refractivity (Wildman–Crippen MR) is 120 cm³/mol. The van der Waals surface area contributed by atoms with Gasteiger partial charge in [0.2, 0.25) is 5.28 Å². The van der Waals surface area contributed by atoms with Gasteiger partial charge in [-0.1, -0.05) is 12.1 Å². The summed E-state index contributed by atoms with van der Waals surface area (Å²) in [7, 11) is 0. The molecule has 1 saturated heterocycles. The van der Waals surface area contributed by atoms with Crippen LogP contribution in [0, 0.1) is 0 Å². The van der Waals surface area contributed by atoms with Gasteiger partial charge in [-0.2, -0.15) is 4.98 Å². The van der Waals surface area contributed by atoms with Gasteiger partial charge in [0, 0.05) is 37.1 Å². The SMILES string of the molecule is CCOC(=O)N1CCN(c2nc(Cl)nc3scc(-c4ccc(OCC)cc4)c23)CC1. The summed E-state index contributed by atoms with van der Waals surface area (Å²) in [4.78, 5) is 25.7. The summed E-state index contributed by atoms with van der Waals surface area (Å²) in [6.07, 6.45) is -0.270. The van der Waals surface area contributed by atoms with Gasteiger partial charge >= 0.3 is 6.09 Å². The van der Waals surface area contributed by atoms with Crippen LogP contribution in [0.5, 0.6) is 5.75 Å². The lowest BCUT2D eigenvalue weighted by Gasteiger charge is -2.35. The number of amides is 1. The van der Waals surface area contributed by atoms with Gasteiger partial charge in [0.15, 0.2) is 0 Å². The normalized spacial score (nSPS) is 14.2. The second-order valence-electron chi connectivity index (χ2n) is 6.78. The summed E-state index contributed by atoms with van der Waals surface area (Å²) in [6, 6.07) is 8.03. The fourth-order valence-corrected chi connectivity index (χ4v) is 4.71. The molecular weight excluding hydrogens is 424 g/mol. The topological polar surface area (TPSA) is 67.8 Å². The average molecular weight is 447 g/mol. The highest BCUT2D eigenvalue weighted by Gasteiger charge is 2.26. The first-order valence-corrected chi connectivity index (χ1v) is 11.2. The monoisotopic (exact) mass is 446 g/mol. The average Bonchev–Trinajstić information content (AvgIpc) is 3.18. The van der Waals surface area contributed by atoms with Crippen molar-refractivity contribution in [2.75, 3.05) is 44.3 Å². The van der Waals surface area contributed by atoms with E-state index in [1.165, 1.54) is 0 Å². The van der Waals surface area contributed by atoms with Crippen LogP contribution in [0.25, 0.3) is 21.3 Å². The number of hydrogen-bond donors (Lipinski definition) is 0. The molecule has 9 heteroatoms. The Morgan fingerprint density at radius 1 is 1.10 bits per heavy atom. The van der Waals surface area contributed by atoms with Crippen molar-refractivity contribution < 1.29 is 14.3 Å². The molecule has 3 aromatic rings. The number of thiophene rings is 1. The van der Waals surface area contributed by atoms with Gasteiger partial charge in [0.1, 0.15) is 16.4 Å². The molecule has 0 saturated carbocycles. The zero-order chi connectivity index (χ0) is 21.1. The number of aromatic nitrogens is 2. The maximum absolute atomic E-state index is 12.0. The Labute approximate surface area is 184 Å².